The zero-order valence-electron chi connectivity index (χ0n) is 14.8. The molecule has 0 aliphatic carbocycles. The molecule has 8 nitrogen and oxygen atoms in total. The monoisotopic (exact) mass is 346 g/mol. The number of rotatable bonds is 4. The van der Waals surface area contributed by atoms with Crippen LogP contribution in [-0.2, 0) is 11.8 Å². The third-order valence-electron chi connectivity index (χ3n) is 3.26. The van der Waals surface area contributed by atoms with Gasteiger partial charge in [-0.2, -0.15) is 5.10 Å². The first-order valence-corrected chi connectivity index (χ1v) is 7.90. The molecule has 134 valence electrons. The predicted octanol–water partition coefficient (Wildman–Crippen LogP) is 1.19. The van der Waals surface area contributed by atoms with E-state index in [0.29, 0.717) is 10.9 Å². The van der Waals surface area contributed by atoms with Crippen molar-refractivity contribution in [3.8, 4) is 0 Å². The van der Waals surface area contributed by atoms with E-state index in [9.17, 15) is 14.4 Å². The van der Waals surface area contributed by atoms with E-state index in [1.807, 2.05) is 0 Å². The number of hydrogen-bond donors (Lipinski definition) is 2. The molecule has 0 aliphatic heterocycles. The molecule has 8 heteroatoms. The van der Waals surface area contributed by atoms with Crippen LogP contribution in [0.25, 0.3) is 10.9 Å². The van der Waals surface area contributed by atoms with Gasteiger partial charge < -0.3 is 15.4 Å². The minimum absolute atomic E-state index is 0.149. The highest BCUT2D eigenvalue weighted by atomic mass is 16.6. The number of nitrogens with zero attached hydrogens (tertiary/aromatic N) is 2. The maximum atomic E-state index is 12.4. The summed E-state index contributed by atoms with van der Waals surface area (Å²) < 4.78 is 6.57. The first-order valence-electron chi connectivity index (χ1n) is 7.90. The Labute approximate surface area is 145 Å². The predicted molar refractivity (Wildman–Crippen MR) is 93.6 cm³/mol. The number of ether oxygens (including phenoxy) is 1. The summed E-state index contributed by atoms with van der Waals surface area (Å²) in [5.74, 6) is -0.586. The van der Waals surface area contributed by atoms with Gasteiger partial charge in [-0.25, -0.2) is 4.79 Å². The minimum atomic E-state index is -0.589. The number of hydrogen-bond acceptors (Lipinski definition) is 5. The zero-order chi connectivity index (χ0) is 18.6. The van der Waals surface area contributed by atoms with Gasteiger partial charge in [-0.05, 0) is 32.9 Å². The number of carbonyl (C=O) groups is 2. The van der Waals surface area contributed by atoms with Crippen molar-refractivity contribution in [1.82, 2.24) is 20.4 Å². The summed E-state index contributed by atoms with van der Waals surface area (Å²) in [6.45, 7) is 5.60. The highest BCUT2D eigenvalue weighted by Crippen LogP contribution is 2.08. The van der Waals surface area contributed by atoms with Crippen molar-refractivity contribution in [3.05, 3.63) is 40.2 Å². The van der Waals surface area contributed by atoms with Crippen LogP contribution in [-0.4, -0.2) is 40.5 Å². The normalized spacial score (nSPS) is 11.2. The lowest BCUT2D eigenvalue weighted by Gasteiger charge is -2.19. The van der Waals surface area contributed by atoms with Gasteiger partial charge in [0.15, 0.2) is 5.69 Å². The molecule has 25 heavy (non-hydrogen) atoms. The lowest BCUT2D eigenvalue weighted by Crippen LogP contribution is -2.39. The number of carbonyl (C=O) groups excluding carboxylic acids is 2. The highest BCUT2D eigenvalue weighted by Gasteiger charge is 2.17. The molecule has 1 heterocycles. The smallest absolute Gasteiger partial charge is 0.407 e. The lowest BCUT2D eigenvalue weighted by molar-refractivity contribution is 0.0526. The van der Waals surface area contributed by atoms with Crippen molar-refractivity contribution < 1.29 is 14.3 Å². The Morgan fingerprint density at radius 3 is 2.48 bits per heavy atom. The van der Waals surface area contributed by atoms with Gasteiger partial charge in [-0.15, -0.1) is 0 Å². The third kappa shape index (κ3) is 4.79. The first-order chi connectivity index (χ1) is 11.7. The second-order valence-electron chi connectivity index (χ2n) is 6.50. The van der Waals surface area contributed by atoms with E-state index in [2.05, 4.69) is 15.7 Å². The Balaban J connectivity index is 1.98. The van der Waals surface area contributed by atoms with Crippen LogP contribution in [0.2, 0.25) is 0 Å². The molecule has 0 fully saturated rings. The Hall–Kier alpha value is -2.90. The molecule has 0 unspecified atom stereocenters. The Kier molecular flexibility index (Phi) is 5.41. The summed E-state index contributed by atoms with van der Waals surface area (Å²) in [6, 6.07) is 6.94. The van der Waals surface area contributed by atoms with Crippen LogP contribution < -0.4 is 16.1 Å². The van der Waals surface area contributed by atoms with E-state index in [-0.39, 0.29) is 18.8 Å². The summed E-state index contributed by atoms with van der Waals surface area (Å²) in [5, 5.41) is 9.56. The van der Waals surface area contributed by atoms with E-state index in [1.165, 1.54) is 4.68 Å². The van der Waals surface area contributed by atoms with E-state index in [1.54, 1.807) is 52.1 Å². The second kappa shape index (κ2) is 7.33. The summed E-state index contributed by atoms with van der Waals surface area (Å²) in [7, 11) is 1.67. The molecule has 0 saturated carbocycles. The zero-order valence-corrected chi connectivity index (χ0v) is 14.8. The van der Waals surface area contributed by atoms with Gasteiger partial charge in [0.1, 0.15) is 5.60 Å². The molecule has 2 aromatic rings. The summed E-state index contributed by atoms with van der Waals surface area (Å²) >= 11 is 0. The number of aromatic nitrogens is 2. The van der Waals surface area contributed by atoms with Crippen molar-refractivity contribution in [2.24, 2.45) is 7.05 Å². The van der Waals surface area contributed by atoms with Crippen molar-refractivity contribution in [2.45, 2.75) is 26.4 Å². The van der Waals surface area contributed by atoms with Crippen LogP contribution >= 0.6 is 0 Å². The van der Waals surface area contributed by atoms with Gasteiger partial charge in [-0.1, -0.05) is 12.1 Å². The number of aryl methyl sites for hydroxylation is 1. The fraction of sp³-hybridized carbons (Fsp3) is 0.412. The number of para-hydroxylation sites is 1. The summed E-state index contributed by atoms with van der Waals surface area (Å²) in [5.41, 5.74) is -0.547. The van der Waals surface area contributed by atoms with Crippen molar-refractivity contribution in [3.63, 3.8) is 0 Å². The summed E-state index contributed by atoms with van der Waals surface area (Å²) in [6.07, 6.45) is -0.568. The molecule has 2 N–H and O–H groups in total. The molecule has 1 aromatic carbocycles. The molecule has 2 rings (SSSR count). The molecule has 1 aromatic heterocycles. The minimum Gasteiger partial charge on any atom is -0.444 e. The molecule has 0 atom stereocenters. The van der Waals surface area contributed by atoms with E-state index in [0.717, 1.165) is 0 Å². The van der Waals surface area contributed by atoms with Crippen LogP contribution in [0.15, 0.2) is 29.1 Å². The quantitative estimate of drug-likeness (QED) is 0.810. The van der Waals surface area contributed by atoms with Crippen molar-refractivity contribution >= 4 is 22.9 Å². The number of amides is 2. The second-order valence-corrected chi connectivity index (χ2v) is 6.50. The fourth-order valence-corrected chi connectivity index (χ4v) is 2.21. The van der Waals surface area contributed by atoms with E-state index >= 15 is 0 Å². The van der Waals surface area contributed by atoms with Crippen LogP contribution in [0.5, 0.6) is 0 Å². The van der Waals surface area contributed by atoms with Gasteiger partial charge in [0.25, 0.3) is 5.91 Å². The Morgan fingerprint density at radius 2 is 1.80 bits per heavy atom. The Bertz CT molecular complexity index is 852. The SMILES string of the molecule is Cn1nc(C(=O)NCCNC(=O)OC(C)(C)C)c(=O)c2ccccc21. The largest absolute Gasteiger partial charge is 0.444 e. The van der Waals surface area contributed by atoms with Crippen LogP contribution in [0, 0.1) is 0 Å². The molecular weight excluding hydrogens is 324 g/mol. The number of alkyl carbamates (subject to hydrolysis) is 1. The molecule has 0 saturated heterocycles. The van der Waals surface area contributed by atoms with Crippen LogP contribution in [0.1, 0.15) is 31.3 Å². The summed E-state index contributed by atoms with van der Waals surface area (Å²) in [4.78, 5) is 36.1. The average molecular weight is 346 g/mol. The topological polar surface area (TPSA) is 102 Å². The number of benzene rings is 1. The van der Waals surface area contributed by atoms with Gasteiger partial charge in [0.05, 0.1) is 5.52 Å². The van der Waals surface area contributed by atoms with Gasteiger partial charge in [0.2, 0.25) is 5.43 Å². The van der Waals surface area contributed by atoms with Crippen molar-refractivity contribution in [1.29, 1.82) is 0 Å². The molecule has 0 radical (unpaired) electrons. The molecule has 0 bridgehead atoms. The fourth-order valence-electron chi connectivity index (χ4n) is 2.21. The van der Waals surface area contributed by atoms with Crippen LogP contribution in [0.3, 0.4) is 0 Å². The van der Waals surface area contributed by atoms with Gasteiger partial charge >= 0.3 is 6.09 Å². The van der Waals surface area contributed by atoms with Crippen molar-refractivity contribution in [2.75, 3.05) is 13.1 Å². The van der Waals surface area contributed by atoms with Crippen LogP contribution in [0.4, 0.5) is 4.79 Å². The Morgan fingerprint density at radius 1 is 1.16 bits per heavy atom. The number of nitrogens with one attached hydrogen (secondary N) is 2. The molecule has 0 spiro atoms. The van der Waals surface area contributed by atoms with Gasteiger partial charge in [-0.3, -0.25) is 14.3 Å². The number of fused-ring (bicyclic) bond motifs is 1. The maximum absolute atomic E-state index is 12.4. The van der Waals surface area contributed by atoms with E-state index < -0.39 is 23.0 Å². The standard InChI is InChI=1S/C17H22N4O4/c1-17(2,3)25-16(24)19-10-9-18-15(23)13-14(22)11-7-5-6-8-12(11)21(4)20-13/h5-8H,9-10H2,1-4H3,(H,18,23)(H,19,24). The maximum Gasteiger partial charge on any atom is 0.407 e. The van der Waals surface area contributed by atoms with E-state index in [4.69, 9.17) is 4.74 Å². The molecule has 2 amide bonds. The first kappa shape index (κ1) is 18.4. The molecular formula is C17H22N4O4. The van der Waals surface area contributed by atoms with Gasteiger partial charge in [0, 0.05) is 25.5 Å². The molecule has 0 aliphatic rings. The average Bonchev–Trinajstić information content (AvgIpc) is 2.53. The highest BCUT2D eigenvalue weighted by molar-refractivity contribution is 5.95. The third-order valence-corrected chi connectivity index (χ3v) is 3.26. The lowest BCUT2D eigenvalue weighted by atomic mass is 10.2.